The Labute approximate surface area is 135 Å². The molecule has 2 bridgehead atoms. The molecule has 2 rings (SSSR count). The molecule has 126 valence electrons. The number of carbonyl (C=O) groups is 1. The normalized spacial score (nSPS) is 24.6. The van der Waals surface area contributed by atoms with E-state index in [0.717, 1.165) is 45.3 Å². The third-order valence-electron chi connectivity index (χ3n) is 4.72. The van der Waals surface area contributed by atoms with Crippen LogP contribution in [0.1, 0.15) is 60.3 Å². The molecule has 2 unspecified atom stereocenters. The molecule has 0 aromatic rings. The molecule has 0 aromatic carbocycles. The molecule has 4 heteroatoms. The lowest BCUT2D eigenvalue weighted by molar-refractivity contribution is 0.0166. The summed E-state index contributed by atoms with van der Waals surface area (Å²) in [5.41, 5.74) is 1.11. The summed E-state index contributed by atoms with van der Waals surface area (Å²) in [6, 6.07) is 0.594. The highest BCUT2D eigenvalue weighted by atomic mass is 16.6. The van der Waals surface area contributed by atoms with Crippen LogP contribution in [0.3, 0.4) is 0 Å². The van der Waals surface area contributed by atoms with Gasteiger partial charge in [-0.25, -0.2) is 4.79 Å². The molecule has 1 fully saturated rings. The molecule has 0 radical (unpaired) electrons. The van der Waals surface area contributed by atoms with Crippen molar-refractivity contribution in [2.75, 3.05) is 19.6 Å². The smallest absolute Gasteiger partial charge is 0.411 e. The van der Waals surface area contributed by atoms with Crippen LogP contribution >= 0.6 is 0 Å². The molecule has 22 heavy (non-hydrogen) atoms. The molecule has 1 amide bonds. The van der Waals surface area contributed by atoms with Crippen molar-refractivity contribution in [1.82, 2.24) is 9.80 Å². The highest BCUT2D eigenvalue weighted by Crippen LogP contribution is 2.36. The minimum Gasteiger partial charge on any atom is -0.444 e. The van der Waals surface area contributed by atoms with Gasteiger partial charge in [0.25, 0.3) is 0 Å². The fourth-order valence-corrected chi connectivity index (χ4v) is 3.54. The van der Waals surface area contributed by atoms with E-state index in [1.54, 1.807) is 0 Å². The second-order valence-electron chi connectivity index (χ2n) is 7.49. The maximum atomic E-state index is 12.4. The van der Waals surface area contributed by atoms with E-state index in [4.69, 9.17) is 4.74 Å². The fourth-order valence-electron chi connectivity index (χ4n) is 3.54. The number of nitrogens with zero attached hydrogens (tertiary/aromatic N) is 2. The van der Waals surface area contributed by atoms with E-state index in [-0.39, 0.29) is 12.1 Å². The molecule has 4 nitrogen and oxygen atoms in total. The quantitative estimate of drug-likeness (QED) is 0.724. The van der Waals surface area contributed by atoms with Crippen LogP contribution in [-0.4, -0.2) is 53.2 Å². The largest absolute Gasteiger partial charge is 0.444 e. The summed E-state index contributed by atoms with van der Waals surface area (Å²) >= 11 is 0. The standard InChI is InChI=1S/C18H32N2O2/c1-6-19(7-2)11-10-14-12-15-8-9-16(13-14)20(15)17(21)22-18(3,4)5/h12,15-16H,6-11,13H2,1-5H3. The highest BCUT2D eigenvalue weighted by Gasteiger charge is 2.41. The van der Waals surface area contributed by atoms with Crippen molar-refractivity contribution in [2.24, 2.45) is 0 Å². The Balaban J connectivity index is 1.96. The lowest BCUT2D eigenvalue weighted by atomic mass is 9.98. The van der Waals surface area contributed by atoms with Gasteiger partial charge in [0.1, 0.15) is 5.60 Å². The Morgan fingerprint density at radius 2 is 2.00 bits per heavy atom. The first kappa shape index (κ1) is 17.3. The fraction of sp³-hybridized carbons (Fsp3) is 0.833. The van der Waals surface area contributed by atoms with Crippen molar-refractivity contribution < 1.29 is 9.53 Å². The lowest BCUT2D eigenvalue weighted by Gasteiger charge is -2.35. The van der Waals surface area contributed by atoms with Crippen molar-refractivity contribution in [3.8, 4) is 0 Å². The second kappa shape index (κ2) is 7.03. The SMILES string of the molecule is CCN(CC)CCC1=CC2CCC(C1)N2C(=O)OC(C)(C)C. The van der Waals surface area contributed by atoms with E-state index in [0.29, 0.717) is 6.04 Å². The van der Waals surface area contributed by atoms with Gasteiger partial charge in [-0.3, -0.25) is 4.90 Å². The van der Waals surface area contributed by atoms with Crippen LogP contribution in [-0.2, 0) is 4.74 Å². The maximum absolute atomic E-state index is 12.4. The van der Waals surface area contributed by atoms with E-state index in [2.05, 4.69) is 24.8 Å². The van der Waals surface area contributed by atoms with Gasteiger partial charge in [0.05, 0.1) is 6.04 Å². The Morgan fingerprint density at radius 1 is 1.32 bits per heavy atom. The summed E-state index contributed by atoms with van der Waals surface area (Å²) in [5, 5.41) is 0. The van der Waals surface area contributed by atoms with Crippen molar-refractivity contribution in [1.29, 1.82) is 0 Å². The molecule has 2 aliphatic rings. The molecular weight excluding hydrogens is 276 g/mol. The number of fused-ring (bicyclic) bond motifs is 2. The van der Waals surface area contributed by atoms with E-state index < -0.39 is 5.60 Å². The van der Waals surface area contributed by atoms with E-state index in [1.165, 1.54) is 5.57 Å². The summed E-state index contributed by atoms with van der Waals surface area (Å²) in [4.78, 5) is 16.8. The highest BCUT2D eigenvalue weighted by molar-refractivity contribution is 5.70. The molecule has 1 saturated heterocycles. The Hall–Kier alpha value is -1.03. The lowest BCUT2D eigenvalue weighted by Crippen LogP contribution is -2.45. The Bertz CT molecular complexity index is 421. The van der Waals surface area contributed by atoms with Crippen LogP contribution in [0.5, 0.6) is 0 Å². The first-order valence-corrected chi connectivity index (χ1v) is 8.77. The molecule has 2 heterocycles. The van der Waals surface area contributed by atoms with Gasteiger partial charge < -0.3 is 9.64 Å². The van der Waals surface area contributed by atoms with Crippen LogP contribution in [0.25, 0.3) is 0 Å². The van der Waals surface area contributed by atoms with Gasteiger partial charge >= 0.3 is 6.09 Å². The summed E-state index contributed by atoms with van der Waals surface area (Å²) in [6.45, 7) is 13.6. The van der Waals surface area contributed by atoms with E-state index >= 15 is 0 Å². The zero-order valence-electron chi connectivity index (χ0n) is 14.9. The predicted octanol–water partition coefficient (Wildman–Crippen LogP) is 3.82. The first-order valence-electron chi connectivity index (χ1n) is 8.77. The minimum atomic E-state index is -0.413. The van der Waals surface area contributed by atoms with Gasteiger partial charge in [0, 0.05) is 12.6 Å². The predicted molar refractivity (Wildman–Crippen MR) is 90.0 cm³/mol. The molecule has 0 N–H and O–H groups in total. The minimum absolute atomic E-state index is 0.140. The van der Waals surface area contributed by atoms with Crippen molar-refractivity contribution in [3.63, 3.8) is 0 Å². The molecular formula is C18H32N2O2. The summed E-state index contributed by atoms with van der Waals surface area (Å²) in [6.07, 6.45) is 6.54. The monoisotopic (exact) mass is 308 g/mol. The van der Waals surface area contributed by atoms with Crippen LogP contribution in [0, 0.1) is 0 Å². The van der Waals surface area contributed by atoms with E-state index in [1.807, 2.05) is 25.7 Å². The van der Waals surface area contributed by atoms with Gasteiger partial charge in [-0.1, -0.05) is 25.5 Å². The Kier molecular flexibility index (Phi) is 5.54. The first-order chi connectivity index (χ1) is 10.3. The van der Waals surface area contributed by atoms with Crippen LogP contribution in [0.4, 0.5) is 4.79 Å². The van der Waals surface area contributed by atoms with Gasteiger partial charge in [0.15, 0.2) is 0 Å². The number of ether oxygens (including phenoxy) is 1. The average Bonchev–Trinajstić information content (AvgIpc) is 2.70. The molecule has 0 saturated carbocycles. The van der Waals surface area contributed by atoms with Crippen LogP contribution < -0.4 is 0 Å². The number of carbonyl (C=O) groups excluding carboxylic acids is 1. The third kappa shape index (κ3) is 4.25. The van der Waals surface area contributed by atoms with Gasteiger partial charge in [-0.15, -0.1) is 0 Å². The van der Waals surface area contributed by atoms with Gasteiger partial charge in [-0.2, -0.15) is 0 Å². The van der Waals surface area contributed by atoms with Crippen LogP contribution in [0.2, 0.25) is 0 Å². The van der Waals surface area contributed by atoms with Crippen molar-refractivity contribution in [3.05, 3.63) is 11.6 Å². The van der Waals surface area contributed by atoms with Gasteiger partial charge in [0.2, 0.25) is 0 Å². The summed E-state index contributed by atoms with van der Waals surface area (Å²) in [7, 11) is 0. The molecule has 0 aliphatic carbocycles. The van der Waals surface area contributed by atoms with Gasteiger partial charge in [-0.05, 0) is 59.5 Å². The average molecular weight is 308 g/mol. The molecule has 2 aliphatic heterocycles. The summed E-state index contributed by atoms with van der Waals surface area (Å²) in [5.74, 6) is 0. The number of amides is 1. The van der Waals surface area contributed by atoms with E-state index in [9.17, 15) is 4.79 Å². The number of hydrogen-bond acceptors (Lipinski definition) is 3. The summed E-state index contributed by atoms with van der Waals surface area (Å²) < 4.78 is 5.58. The number of hydrogen-bond donors (Lipinski definition) is 0. The second-order valence-corrected chi connectivity index (χ2v) is 7.49. The van der Waals surface area contributed by atoms with Crippen molar-refractivity contribution >= 4 is 6.09 Å². The van der Waals surface area contributed by atoms with Crippen molar-refractivity contribution in [2.45, 2.75) is 78.0 Å². The van der Waals surface area contributed by atoms with Crippen LogP contribution in [0.15, 0.2) is 11.6 Å². The zero-order chi connectivity index (χ0) is 16.3. The molecule has 2 atom stereocenters. The zero-order valence-corrected chi connectivity index (χ0v) is 14.9. The Morgan fingerprint density at radius 3 is 2.55 bits per heavy atom. The molecule has 0 spiro atoms. The maximum Gasteiger partial charge on any atom is 0.411 e. The third-order valence-corrected chi connectivity index (χ3v) is 4.72. The molecule has 0 aromatic heterocycles. The topological polar surface area (TPSA) is 32.8 Å². The number of rotatable bonds is 5.